The first-order chi connectivity index (χ1) is 8.90. The van der Waals surface area contributed by atoms with Crippen molar-refractivity contribution in [3.05, 3.63) is 52.8 Å². The Bertz CT molecular complexity index is 758. The predicted octanol–water partition coefficient (Wildman–Crippen LogP) is 0.136. The van der Waals surface area contributed by atoms with E-state index < -0.39 is 27.6 Å². The van der Waals surface area contributed by atoms with E-state index >= 15 is 0 Å². The topological polar surface area (TPSA) is 104 Å². The molecule has 2 aromatic rings. The van der Waals surface area contributed by atoms with E-state index in [4.69, 9.17) is 5.73 Å². The van der Waals surface area contributed by atoms with Crippen LogP contribution in [-0.4, -0.2) is 17.4 Å². The lowest BCUT2D eigenvalue weighted by Crippen LogP contribution is -2.33. The SMILES string of the molecule is Nc1nc(=O)n(S(=O)(=O)Oc2ccccc2)cc1F. The zero-order chi connectivity index (χ0) is 14.0. The minimum absolute atomic E-state index is 0.0216. The van der Waals surface area contributed by atoms with Gasteiger partial charge in [0, 0.05) is 0 Å². The highest BCUT2D eigenvalue weighted by molar-refractivity contribution is 7.85. The molecular weight excluding hydrogens is 277 g/mol. The van der Waals surface area contributed by atoms with Gasteiger partial charge in [0.1, 0.15) is 5.75 Å². The Kier molecular flexibility index (Phi) is 3.21. The van der Waals surface area contributed by atoms with Crippen molar-refractivity contribution in [3.63, 3.8) is 0 Å². The van der Waals surface area contributed by atoms with Crippen LogP contribution in [-0.2, 0) is 10.3 Å². The zero-order valence-electron chi connectivity index (χ0n) is 9.36. The molecule has 0 aliphatic heterocycles. The van der Waals surface area contributed by atoms with Gasteiger partial charge in [0.05, 0.1) is 6.20 Å². The predicted molar refractivity (Wildman–Crippen MR) is 64.3 cm³/mol. The van der Waals surface area contributed by atoms with Crippen LogP contribution in [0.4, 0.5) is 10.2 Å². The van der Waals surface area contributed by atoms with Crippen LogP contribution in [0.25, 0.3) is 0 Å². The highest BCUT2D eigenvalue weighted by Gasteiger charge is 2.20. The summed E-state index contributed by atoms with van der Waals surface area (Å²) in [6.07, 6.45) is 0.406. The Hall–Kier alpha value is -2.42. The Morgan fingerprint density at radius 1 is 1.26 bits per heavy atom. The van der Waals surface area contributed by atoms with E-state index in [1.54, 1.807) is 6.07 Å². The molecular formula is C10H8FN3O4S. The molecule has 9 heteroatoms. The summed E-state index contributed by atoms with van der Waals surface area (Å²) in [5, 5.41) is 0. The van der Waals surface area contributed by atoms with Gasteiger partial charge in [0.25, 0.3) is 0 Å². The molecule has 0 amide bonds. The van der Waals surface area contributed by atoms with Gasteiger partial charge in [-0.25, -0.2) is 9.18 Å². The van der Waals surface area contributed by atoms with Gasteiger partial charge in [-0.1, -0.05) is 18.2 Å². The largest absolute Gasteiger partial charge is 0.417 e. The first-order valence-electron chi connectivity index (χ1n) is 4.95. The molecule has 0 bridgehead atoms. The summed E-state index contributed by atoms with van der Waals surface area (Å²) >= 11 is 0. The number of hydrogen-bond donors (Lipinski definition) is 1. The molecule has 0 radical (unpaired) electrons. The van der Waals surface area contributed by atoms with E-state index in [9.17, 15) is 17.6 Å². The molecule has 0 saturated carbocycles. The van der Waals surface area contributed by atoms with E-state index in [-0.39, 0.29) is 9.72 Å². The molecule has 0 aliphatic carbocycles. The van der Waals surface area contributed by atoms with E-state index in [2.05, 4.69) is 9.17 Å². The number of nitrogens with zero attached hydrogens (tertiary/aromatic N) is 2. The van der Waals surface area contributed by atoms with E-state index in [0.717, 1.165) is 0 Å². The number of aromatic nitrogens is 2. The van der Waals surface area contributed by atoms with Crippen LogP contribution in [0.2, 0.25) is 0 Å². The smallest absolute Gasteiger partial charge is 0.381 e. The second-order valence-corrected chi connectivity index (χ2v) is 4.82. The van der Waals surface area contributed by atoms with Gasteiger partial charge >= 0.3 is 16.0 Å². The second kappa shape index (κ2) is 4.69. The van der Waals surface area contributed by atoms with Gasteiger partial charge in [-0.3, -0.25) is 0 Å². The van der Waals surface area contributed by atoms with Crippen molar-refractivity contribution < 1.29 is 17.0 Å². The number of para-hydroxylation sites is 1. The maximum Gasteiger partial charge on any atom is 0.417 e. The maximum absolute atomic E-state index is 13.2. The van der Waals surface area contributed by atoms with Crippen molar-refractivity contribution in [1.82, 2.24) is 8.96 Å². The van der Waals surface area contributed by atoms with Crippen molar-refractivity contribution in [2.45, 2.75) is 0 Å². The Balaban J connectivity index is 2.46. The third-order valence-corrected chi connectivity index (χ3v) is 3.21. The Morgan fingerprint density at radius 3 is 2.53 bits per heavy atom. The summed E-state index contributed by atoms with van der Waals surface area (Å²) in [5.74, 6) is -1.84. The van der Waals surface area contributed by atoms with Crippen LogP contribution in [0.15, 0.2) is 41.3 Å². The molecule has 0 saturated heterocycles. The number of hydrogen-bond acceptors (Lipinski definition) is 6. The summed E-state index contributed by atoms with van der Waals surface area (Å²) in [6, 6.07) is 7.45. The normalized spacial score (nSPS) is 11.2. The average molecular weight is 285 g/mol. The lowest BCUT2D eigenvalue weighted by molar-refractivity contribution is 0.470. The van der Waals surface area contributed by atoms with Gasteiger partial charge in [-0.15, -0.1) is 0 Å². The van der Waals surface area contributed by atoms with E-state index in [1.807, 2.05) is 0 Å². The van der Waals surface area contributed by atoms with Crippen molar-refractivity contribution >= 4 is 16.1 Å². The minimum atomic E-state index is -4.54. The second-order valence-electron chi connectivity index (χ2n) is 3.41. The summed E-state index contributed by atoms with van der Waals surface area (Å²) in [4.78, 5) is 14.4. The van der Waals surface area contributed by atoms with Gasteiger partial charge in [-0.2, -0.15) is 17.4 Å². The van der Waals surface area contributed by atoms with Crippen LogP contribution >= 0.6 is 0 Å². The van der Waals surface area contributed by atoms with Gasteiger partial charge < -0.3 is 9.92 Å². The Morgan fingerprint density at radius 2 is 1.89 bits per heavy atom. The summed E-state index contributed by atoms with van der Waals surface area (Å²) in [6.45, 7) is 0. The average Bonchev–Trinajstić information content (AvgIpc) is 2.34. The molecule has 1 heterocycles. The van der Waals surface area contributed by atoms with E-state index in [1.165, 1.54) is 24.3 Å². The van der Waals surface area contributed by atoms with Gasteiger partial charge in [0.15, 0.2) is 11.6 Å². The molecule has 0 atom stereocenters. The van der Waals surface area contributed by atoms with E-state index in [0.29, 0.717) is 6.20 Å². The lowest BCUT2D eigenvalue weighted by Gasteiger charge is -2.08. The van der Waals surface area contributed by atoms with Crippen LogP contribution < -0.4 is 15.6 Å². The van der Waals surface area contributed by atoms with Crippen LogP contribution in [0.1, 0.15) is 0 Å². The fourth-order valence-electron chi connectivity index (χ4n) is 1.23. The third kappa shape index (κ3) is 2.71. The maximum atomic E-state index is 13.2. The van der Waals surface area contributed by atoms with Crippen molar-refractivity contribution in [2.24, 2.45) is 0 Å². The summed E-state index contributed by atoms with van der Waals surface area (Å²) in [5.41, 5.74) is 3.80. The highest BCUT2D eigenvalue weighted by Crippen LogP contribution is 2.12. The first kappa shape index (κ1) is 13.0. The molecule has 2 rings (SSSR count). The molecule has 0 aliphatic rings. The molecule has 7 nitrogen and oxygen atoms in total. The number of halogens is 1. The molecule has 100 valence electrons. The number of rotatable bonds is 3. The molecule has 1 aromatic carbocycles. The molecule has 0 spiro atoms. The van der Waals surface area contributed by atoms with Crippen LogP contribution in [0, 0.1) is 5.82 Å². The number of nitrogen functional groups attached to an aromatic ring is 1. The number of benzene rings is 1. The molecule has 1 aromatic heterocycles. The highest BCUT2D eigenvalue weighted by atomic mass is 32.2. The molecule has 2 N–H and O–H groups in total. The zero-order valence-corrected chi connectivity index (χ0v) is 10.2. The summed E-state index contributed by atoms with van der Waals surface area (Å²) < 4.78 is 41.4. The fourth-order valence-corrected chi connectivity index (χ4v) is 2.12. The Labute approximate surface area is 107 Å². The fraction of sp³-hybridized carbons (Fsp3) is 0. The quantitative estimate of drug-likeness (QED) is 0.860. The third-order valence-electron chi connectivity index (χ3n) is 2.07. The van der Waals surface area contributed by atoms with Crippen LogP contribution in [0.5, 0.6) is 5.75 Å². The van der Waals surface area contributed by atoms with Crippen molar-refractivity contribution in [3.8, 4) is 5.75 Å². The number of anilines is 1. The molecule has 0 unspecified atom stereocenters. The van der Waals surface area contributed by atoms with Gasteiger partial charge in [-0.05, 0) is 12.1 Å². The van der Waals surface area contributed by atoms with Crippen molar-refractivity contribution in [1.29, 1.82) is 0 Å². The molecule has 19 heavy (non-hydrogen) atoms. The first-order valence-corrected chi connectivity index (χ1v) is 6.31. The van der Waals surface area contributed by atoms with Crippen molar-refractivity contribution in [2.75, 3.05) is 5.73 Å². The number of nitrogens with two attached hydrogens (primary N) is 1. The van der Waals surface area contributed by atoms with Gasteiger partial charge in [0.2, 0.25) is 0 Å². The standard InChI is InChI=1S/C10H8FN3O4S/c11-8-6-14(10(15)13-9(8)12)19(16,17)18-7-4-2-1-3-5-7/h1-6H,(H2,12,13,15). The monoisotopic (exact) mass is 285 g/mol. The minimum Gasteiger partial charge on any atom is -0.381 e. The lowest BCUT2D eigenvalue weighted by atomic mass is 10.3. The molecule has 0 fully saturated rings. The summed E-state index contributed by atoms with van der Waals surface area (Å²) in [7, 11) is -4.54. The van der Waals surface area contributed by atoms with Crippen LogP contribution in [0.3, 0.4) is 0 Å².